The number of hydrogen-bond donors (Lipinski definition) is 1. The van der Waals surface area contributed by atoms with Crippen molar-refractivity contribution in [3.05, 3.63) is 29.8 Å². The van der Waals surface area contributed by atoms with Crippen LogP contribution in [0.25, 0.3) is 0 Å². The van der Waals surface area contributed by atoms with Crippen LogP contribution in [0.15, 0.2) is 24.3 Å². The van der Waals surface area contributed by atoms with E-state index in [1.165, 1.54) is 11.3 Å². The summed E-state index contributed by atoms with van der Waals surface area (Å²) in [5.74, 6) is 0. The summed E-state index contributed by atoms with van der Waals surface area (Å²) < 4.78 is 7.01. The summed E-state index contributed by atoms with van der Waals surface area (Å²) in [6.07, 6.45) is 1.58. The first kappa shape index (κ1) is 15.1. The van der Waals surface area contributed by atoms with Gasteiger partial charge < -0.3 is 0 Å². The van der Waals surface area contributed by atoms with Crippen LogP contribution in [0.3, 0.4) is 0 Å². The molecule has 0 amide bonds. The maximum absolute atomic E-state index is 5.99. The molecule has 1 heterocycles. The second-order valence-electron chi connectivity index (χ2n) is 5.43. The van der Waals surface area contributed by atoms with E-state index in [1.54, 1.807) is 0 Å². The standard InChI is InChI=1S/C15H25IN2O/c1-12(17)13-4-6-14(7-5-13)18-9-8-15(10-18)19-11-16(2)3/h4-7,12,15H,8-11,17H2,1-3H3/t12?,15-/m0/s1. The molecule has 1 saturated heterocycles. The first-order chi connectivity index (χ1) is 9.06. The van der Waals surface area contributed by atoms with Crippen LogP contribution in [-0.4, -0.2) is 33.7 Å². The molecule has 108 valence electrons. The van der Waals surface area contributed by atoms with Gasteiger partial charge in [-0.25, -0.2) is 0 Å². The van der Waals surface area contributed by atoms with E-state index in [0.717, 1.165) is 24.1 Å². The number of anilines is 1. The molecule has 1 fully saturated rings. The Morgan fingerprint density at radius 2 is 2.05 bits per heavy atom. The predicted octanol–water partition coefficient (Wildman–Crippen LogP) is 3.03. The van der Waals surface area contributed by atoms with Crippen molar-refractivity contribution in [1.82, 2.24) is 0 Å². The third kappa shape index (κ3) is 4.33. The summed E-state index contributed by atoms with van der Waals surface area (Å²) in [7, 11) is 0. The van der Waals surface area contributed by atoms with Crippen molar-refractivity contribution in [3.63, 3.8) is 0 Å². The monoisotopic (exact) mass is 376 g/mol. The first-order valence-corrected chi connectivity index (χ1v) is 12.6. The van der Waals surface area contributed by atoms with Crippen LogP contribution in [-0.2, 0) is 4.74 Å². The zero-order valence-electron chi connectivity index (χ0n) is 12.1. The van der Waals surface area contributed by atoms with Gasteiger partial charge in [-0.05, 0) is 0 Å². The van der Waals surface area contributed by atoms with Crippen LogP contribution >= 0.6 is 19.8 Å². The predicted molar refractivity (Wildman–Crippen MR) is 91.5 cm³/mol. The van der Waals surface area contributed by atoms with Crippen molar-refractivity contribution in [2.75, 3.05) is 32.5 Å². The van der Waals surface area contributed by atoms with Crippen molar-refractivity contribution in [3.8, 4) is 0 Å². The van der Waals surface area contributed by atoms with Gasteiger partial charge in [0.1, 0.15) is 0 Å². The minimum absolute atomic E-state index is 0.111. The van der Waals surface area contributed by atoms with Gasteiger partial charge in [-0.2, -0.15) is 0 Å². The van der Waals surface area contributed by atoms with Gasteiger partial charge in [-0.3, -0.25) is 0 Å². The fraction of sp³-hybridized carbons (Fsp3) is 0.600. The second-order valence-corrected chi connectivity index (χ2v) is 11.3. The molecule has 4 heteroatoms. The molecule has 0 saturated carbocycles. The quantitative estimate of drug-likeness (QED) is 0.634. The molecule has 2 N–H and O–H groups in total. The Morgan fingerprint density at radius 3 is 2.63 bits per heavy atom. The van der Waals surface area contributed by atoms with Crippen molar-refractivity contribution >= 4 is 25.5 Å². The SMILES string of the molecule is CC(N)c1ccc(N2CC[C@H](OCI(C)C)C2)cc1. The van der Waals surface area contributed by atoms with Gasteiger partial charge in [-0.15, -0.1) is 0 Å². The topological polar surface area (TPSA) is 38.5 Å². The van der Waals surface area contributed by atoms with Gasteiger partial charge in [-0.1, -0.05) is 0 Å². The molecule has 1 aromatic rings. The van der Waals surface area contributed by atoms with Crippen molar-refractivity contribution in [1.29, 1.82) is 0 Å². The number of nitrogens with two attached hydrogens (primary N) is 1. The molecule has 0 bridgehead atoms. The Hall–Kier alpha value is -0.330. The summed E-state index contributed by atoms with van der Waals surface area (Å²) >= 11 is -0.748. The molecule has 1 unspecified atom stereocenters. The van der Waals surface area contributed by atoms with Gasteiger partial charge in [0.15, 0.2) is 0 Å². The Kier molecular flexibility index (Phi) is 5.47. The second kappa shape index (κ2) is 6.90. The number of alkyl halides is 3. The van der Waals surface area contributed by atoms with E-state index in [1.807, 2.05) is 6.92 Å². The molecule has 0 radical (unpaired) electrons. The first-order valence-electron chi connectivity index (χ1n) is 6.74. The Morgan fingerprint density at radius 1 is 1.37 bits per heavy atom. The summed E-state index contributed by atoms with van der Waals surface area (Å²) in [6, 6.07) is 8.74. The Balaban J connectivity index is 1.89. The summed E-state index contributed by atoms with van der Waals surface area (Å²) in [5, 5.41) is 0. The molecule has 2 rings (SSSR count). The number of ether oxygens (including phenoxy) is 1. The Labute approximate surface area is 123 Å². The van der Waals surface area contributed by atoms with Crippen molar-refractivity contribution in [2.45, 2.75) is 25.5 Å². The summed E-state index contributed by atoms with van der Waals surface area (Å²) in [5.41, 5.74) is 8.37. The summed E-state index contributed by atoms with van der Waals surface area (Å²) in [6.45, 7) is 4.15. The van der Waals surface area contributed by atoms with E-state index in [2.05, 4.69) is 39.0 Å². The molecule has 0 aliphatic carbocycles. The molecule has 1 aliphatic heterocycles. The van der Waals surface area contributed by atoms with Crippen LogP contribution < -0.4 is 10.6 Å². The van der Waals surface area contributed by atoms with Gasteiger partial charge in [0.25, 0.3) is 0 Å². The molecule has 19 heavy (non-hydrogen) atoms. The van der Waals surface area contributed by atoms with E-state index in [0.29, 0.717) is 6.10 Å². The van der Waals surface area contributed by atoms with Gasteiger partial charge in [0.2, 0.25) is 0 Å². The van der Waals surface area contributed by atoms with E-state index >= 15 is 0 Å². The number of rotatable bonds is 5. The van der Waals surface area contributed by atoms with Gasteiger partial charge in [0.05, 0.1) is 0 Å². The van der Waals surface area contributed by atoms with Crippen molar-refractivity contribution < 1.29 is 4.74 Å². The van der Waals surface area contributed by atoms with E-state index in [4.69, 9.17) is 10.5 Å². The molecule has 1 aliphatic rings. The molecule has 3 nitrogen and oxygen atoms in total. The fourth-order valence-electron chi connectivity index (χ4n) is 2.30. The fourth-order valence-corrected chi connectivity index (χ4v) is 3.53. The zero-order chi connectivity index (χ0) is 13.8. The number of nitrogens with zero attached hydrogens (tertiary/aromatic N) is 1. The average molecular weight is 376 g/mol. The van der Waals surface area contributed by atoms with Crippen LogP contribution in [0.1, 0.15) is 24.9 Å². The van der Waals surface area contributed by atoms with E-state index < -0.39 is 19.8 Å². The number of hydrogen-bond acceptors (Lipinski definition) is 3. The van der Waals surface area contributed by atoms with Crippen LogP contribution in [0.4, 0.5) is 5.69 Å². The number of halogens is 1. The maximum atomic E-state index is 5.99. The van der Waals surface area contributed by atoms with Crippen molar-refractivity contribution in [2.24, 2.45) is 5.73 Å². The van der Waals surface area contributed by atoms with Crippen LogP contribution in [0.5, 0.6) is 0 Å². The third-order valence-corrected chi connectivity index (χ3v) is 5.05. The average Bonchev–Trinajstić information content (AvgIpc) is 2.85. The molecule has 0 spiro atoms. The Bertz CT molecular complexity index is 392. The molecule has 2 atom stereocenters. The van der Waals surface area contributed by atoms with E-state index in [9.17, 15) is 0 Å². The summed E-state index contributed by atoms with van der Waals surface area (Å²) in [4.78, 5) is 7.12. The van der Waals surface area contributed by atoms with E-state index in [-0.39, 0.29) is 6.04 Å². The third-order valence-electron chi connectivity index (χ3n) is 3.45. The van der Waals surface area contributed by atoms with Gasteiger partial charge in [0, 0.05) is 0 Å². The molecular formula is C15H25IN2O. The minimum atomic E-state index is -0.748. The molecular weight excluding hydrogens is 351 g/mol. The normalized spacial score (nSPS) is 21.6. The van der Waals surface area contributed by atoms with Crippen LogP contribution in [0.2, 0.25) is 0 Å². The zero-order valence-corrected chi connectivity index (χ0v) is 14.3. The number of benzene rings is 1. The van der Waals surface area contributed by atoms with Gasteiger partial charge >= 0.3 is 124 Å². The molecule has 0 aromatic heterocycles. The van der Waals surface area contributed by atoms with Crippen LogP contribution in [0, 0.1) is 0 Å². The molecule has 1 aromatic carbocycles.